The lowest BCUT2D eigenvalue weighted by atomic mass is 9.91. The number of aliphatic hydroxyl groups is 2. The van der Waals surface area contributed by atoms with Crippen molar-refractivity contribution >= 4 is 0 Å². The third kappa shape index (κ3) is 1.71. The Bertz CT molecular complexity index is 367. The van der Waals surface area contributed by atoms with E-state index < -0.39 is 6.10 Å². The van der Waals surface area contributed by atoms with E-state index >= 15 is 0 Å². The lowest BCUT2D eigenvalue weighted by Crippen LogP contribution is -2.36. The molecule has 4 heteroatoms. The molecule has 1 heterocycles. The molecule has 2 rings (SSSR count). The molecule has 2 atom stereocenters. The second-order valence-electron chi connectivity index (χ2n) is 3.97. The zero-order valence-corrected chi connectivity index (χ0v) is 8.59. The molecule has 0 bridgehead atoms. The number of β-amino-alcohol motifs (C(OH)–C–C–N with tert-alkyl or cyclic N) is 1. The lowest BCUT2D eigenvalue weighted by Gasteiger charge is -2.36. The van der Waals surface area contributed by atoms with Crippen molar-refractivity contribution < 1.29 is 15.3 Å². The molecule has 0 amide bonds. The zero-order valence-electron chi connectivity index (χ0n) is 8.59. The summed E-state index contributed by atoms with van der Waals surface area (Å²) in [6.07, 6.45) is -0.597. The van der Waals surface area contributed by atoms with Crippen LogP contribution in [0.1, 0.15) is 23.3 Å². The number of phenols is 1. The highest BCUT2D eigenvalue weighted by Crippen LogP contribution is 2.35. The highest BCUT2D eigenvalue weighted by molar-refractivity contribution is 5.40. The predicted octanol–water partition coefficient (Wildman–Crippen LogP) is 0.404. The van der Waals surface area contributed by atoms with E-state index in [1.165, 1.54) is 0 Å². The van der Waals surface area contributed by atoms with Gasteiger partial charge in [0.15, 0.2) is 0 Å². The Morgan fingerprint density at radius 3 is 2.80 bits per heavy atom. The first-order valence-electron chi connectivity index (χ1n) is 4.95. The standard InChI is InChI=1S/C11H15NO3/c1-12-5-11(15)9-4-7(14)2-3-8(9)10(12)6-13/h2-4,10-11,13-15H,5-6H2,1H3/t10?,11-/m0/s1. The maximum Gasteiger partial charge on any atom is 0.115 e. The number of aromatic hydroxyl groups is 1. The predicted molar refractivity (Wildman–Crippen MR) is 55.5 cm³/mol. The number of aliphatic hydroxyl groups excluding tert-OH is 2. The van der Waals surface area contributed by atoms with Crippen molar-refractivity contribution in [2.45, 2.75) is 12.1 Å². The minimum Gasteiger partial charge on any atom is -0.508 e. The fraction of sp³-hybridized carbons (Fsp3) is 0.455. The molecule has 82 valence electrons. The van der Waals surface area contributed by atoms with Gasteiger partial charge in [0, 0.05) is 6.54 Å². The summed E-state index contributed by atoms with van der Waals surface area (Å²) >= 11 is 0. The molecule has 0 spiro atoms. The van der Waals surface area contributed by atoms with Gasteiger partial charge in [0.1, 0.15) is 5.75 Å². The van der Waals surface area contributed by atoms with Gasteiger partial charge in [0.2, 0.25) is 0 Å². The number of benzene rings is 1. The normalized spacial score (nSPS) is 26.3. The van der Waals surface area contributed by atoms with E-state index in [-0.39, 0.29) is 18.4 Å². The van der Waals surface area contributed by atoms with Crippen molar-refractivity contribution in [3.63, 3.8) is 0 Å². The van der Waals surface area contributed by atoms with Crippen LogP contribution in [0.3, 0.4) is 0 Å². The number of fused-ring (bicyclic) bond motifs is 1. The molecule has 1 aliphatic heterocycles. The van der Waals surface area contributed by atoms with Gasteiger partial charge in [0.25, 0.3) is 0 Å². The Labute approximate surface area is 88.4 Å². The van der Waals surface area contributed by atoms with E-state index in [1.54, 1.807) is 18.2 Å². The average Bonchev–Trinajstić information content (AvgIpc) is 2.19. The van der Waals surface area contributed by atoms with Crippen molar-refractivity contribution in [1.82, 2.24) is 4.90 Å². The average molecular weight is 209 g/mol. The van der Waals surface area contributed by atoms with E-state index in [4.69, 9.17) is 0 Å². The van der Waals surface area contributed by atoms with Gasteiger partial charge < -0.3 is 15.3 Å². The summed E-state index contributed by atoms with van der Waals surface area (Å²) in [5.41, 5.74) is 1.60. The second-order valence-corrected chi connectivity index (χ2v) is 3.97. The third-order valence-electron chi connectivity index (χ3n) is 2.95. The number of likely N-dealkylation sites (N-methyl/N-ethyl adjacent to an activating group) is 1. The molecular formula is C11H15NO3. The van der Waals surface area contributed by atoms with Crippen molar-refractivity contribution in [1.29, 1.82) is 0 Å². The molecule has 3 N–H and O–H groups in total. The first kappa shape index (κ1) is 10.4. The van der Waals surface area contributed by atoms with Crippen LogP contribution < -0.4 is 0 Å². The zero-order chi connectivity index (χ0) is 11.0. The fourth-order valence-corrected chi connectivity index (χ4v) is 2.13. The van der Waals surface area contributed by atoms with Crippen molar-refractivity contribution in [3.05, 3.63) is 29.3 Å². The van der Waals surface area contributed by atoms with Crippen LogP contribution in [0.5, 0.6) is 5.75 Å². The number of rotatable bonds is 1. The van der Waals surface area contributed by atoms with Gasteiger partial charge >= 0.3 is 0 Å². The van der Waals surface area contributed by atoms with Gasteiger partial charge in [-0.2, -0.15) is 0 Å². The number of nitrogens with zero attached hydrogens (tertiary/aromatic N) is 1. The van der Waals surface area contributed by atoms with Crippen LogP contribution in [-0.4, -0.2) is 40.4 Å². The fourth-order valence-electron chi connectivity index (χ4n) is 2.13. The summed E-state index contributed by atoms with van der Waals surface area (Å²) in [7, 11) is 1.86. The van der Waals surface area contributed by atoms with Gasteiger partial charge in [-0.05, 0) is 30.3 Å². The summed E-state index contributed by atoms with van der Waals surface area (Å²) in [6.45, 7) is 0.489. The minimum atomic E-state index is -0.597. The number of hydrogen-bond donors (Lipinski definition) is 3. The Balaban J connectivity index is 2.48. The van der Waals surface area contributed by atoms with Crippen LogP contribution >= 0.6 is 0 Å². The summed E-state index contributed by atoms with van der Waals surface area (Å²) in [4.78, 5) is 1.91. The molecule has 15 heavy (non-hydrogen) atoms. The Kier molecular flexibility index (Phi) is 2.65. The molecule has 1 unspecified atom stereocenters. The second kappa shape index (κ2) is 3.81. The first-order valence-corrected chi connectivity index (χ1v) is 4.95. The van der Waals surface area contributed by atoms with E-state index in [9.17, 15) is 15.3 Å². The van der Waals surface area contributed by atoms with Crippen molar-refractivity contribution in [2.24, 2.45) is 0 Å². The molecule has 0 aromatic heterocycles. The molecule has 1 aromatic carbocycles. The molecule has 0 radical (unpaired) electrons. The highest BCUT2D eigenvalue weighted by Gasteiger charge is 2.29. The summed E-state index contributed by atoms with van der Waals surface area (Å²) in [5, 5.41) is 28.5. The maximum absolute atomic E-state index is 9.84. The van der Waals surface area contributed by atoms with Crippen LogP contribution in [0.25, 0.3) is 0 Å². The van der Waals surface area contributed by atoms with E-state index in [0.29, 0.717) is 12.1 Å². The monoisotopic (exact) mass is 209 g/mol. The first-order chi connectivity index (χ1) is 7.13. The van der Waals surface area contributed by atoms with Crippen molar-refractivity contribution in [2.75, 3.05) is 20.2 Å². The minimum absolute atomic E-state index is 0.0149. The molecule has 0 fully saturated rings. The summed E-state index contributed by atoms with van der Waals surface area (Å²) in [5.74, 6) is 0.147. The third-order valence-corrected chi connectivity index (χ3v) is 2.95. The Hall–Kier alpha value is -1.10. The van der Waals surface area contributed by atoms with Crippen LogP contribution in [0.15, 0.2) is 18.2 Å². The molecule has 0 aliphatic carbocycles. The SMILES string of the molecule is CN1C[C@H](O)c2cc(O)ccc2C1CO. The summed E-state index contributed by atoms with van der Waals surface area (Å²) < 4.78 is 0. The Morgan fingerprint density at radius 1 is 1.40 bits per heavy atom. The molecule has 1 aliphatic rings. The van der Waals surface area contributed by atoms with Crippen molar-refractivity contribution in [3.8, 4) is 5.75 Å². The van der Waals surface area contributed by atoms with Crippen LogP contribution in [0.4, 0.5) is 0 Å². The molecule has 1 aromatic rings. The van der Waals surface area contributed by atoms with Gasteiger partial charge in [-0.15, -0.1) is 0 Å². The maximum atomic E-state index is 9.84. The van der Waals surface area contributed by atoms with Gasteiger partial charge in [-0.25, -0.2) is 0 Å². The highest BCUT2D eigenvalue weighted by atomic mass is 16.3. The van der Waals surface area contributed by atoms with E-state index in [2.05, 4.69) is 0 Å². The van der Waals surface area contributed by atoms with Crippen LogP contribution in [0, 0.1) is 0 Å². The van der Waals surface area contributed by atoms with E-state index in [0.717, 1.165) is 5.56 Å². The Morgan fingerprint density at radius 2 is 2.13 bits per heavy atom. The number of hydrogen-bond acceptors (Lipinski definition) is 4. The summed E-state index contributed by atoms with van der Waals surface area (Å²) in [6, 6.07) is 4.80. The molecule has 0 saturated carbocycles. The molecule has 4 nitrogen and oxygen atoms in total. The quantitative estimate of drug-likeness (QED) is 0.626. The van der Waals surface area contributed by atoms with Gasteiger partial charge in [-0.1, -0.05) is 6.07 Å². The van der Waals surface area contributed by atoms with Gasteiger partial charge in [0.05, 0.1) is 18.8 Å². The molecular weight excluding hydrogens is 194 g/mol. The van der Waals surface area contributed by atoms with Crippen LogP contribution in [-0.2, 0) is 0 Å². The number of phenolic OH excluding ortho intramolecular Hbond substituents is 1. The van der Waals surface area contributed by atoms with E-state index in [1.807, 2.05) is 11.9 Å². The largest absolute Gasteiger partial charge is 0.508 e. The molecule has 0 saturated heterocycles. The van der Waals surface area contributed by atoms with Crippen LogP contribution in [0.2, 0.25) is 0 Å². The van der Waals surface area contributed by atoms with Gasteiger partial charge in [-0.3, -0.25) is 4.90 Å². The topological polar surface area (TPSA) is 63.9 Å². The lowest BCUT2D eigenvalue weighted by molar-refractivity contribution is 0.0595. The smallest absolute Gasteiger partial charge is 0.115 e.